The van der Waals surface area contributed by atoms with Crippen LogP contribution in [0.5, 0.6) is 0 Å². The summed E-state index contributed by atoms with van der Waals surface area (Å²) in [5.74, 6) is -1.91. The van der Waals surface area contributed by atoms with Crippen molar-refractivity contribution in [1.29, 1.82) is 0 Å². The molecule has 7 heteroatoms. The minimum atomic E-state index is -1.17. The first-order valence-corrected chi connectivity index (χ1v) is 11.8. The first kappa shape index (κ1) is 32.2. The molecule has 0 heterocycles. The number of hydrogen-bond donors (Lipinski definition) is 3. The van der Waals surface area contributed by atoms with Gasteiger partial charge >= 0.3 is 11.9 Å². The van der Waals surface area contributed by atoms with Crippen LogP contribution in [0, 0.1) is 5.41 Å². The predicted octanol–water partition coefficient (Wildman–Crippen LogP) is 5.85. The third kappa shape index (κ3) is 15.7. The van der Waals surface area contributed by atoms with E-state index >= 15 is 0 Å². The predicted molar refractivity (Wildman–Crippen MR) is 135 cm³/mol. The molecule has 0 bridgehead atoms. The summed E-state index contributed by atoms with van der Waals surface area (Å²) >= 11 is 1.43. The molecule has 0 aliphatic heterocycles. The van der Waals surface area contributed by atoms with E-state index in [4.69, 9.17) is 5.11 Å². The van der Waals surface area contributed by atoms with Gasteiger partial charge in [0, 0.05) is 11.5 Å². The lowest BCUT2D eigenvalue weighted by Crippen LogP contribution is -2.48. The molecule has 184 valence electrons. The van der Waals surface area contributed by atoms with Crippen LogP contribution in [0.1, 0.15) is 81.1 Å². The summed E-state index contributed by atoms with van der Waals surface area (Å²) < 4.78 is 0. The van der Waals surface area contributed by atoms with Gasteiger partial charge in [-0.1, -0.05) is 56.2 Å². The summed E-state index contributed by atoms with van der Waals surface area (Å²) in [6.07, 6.45) is 10.4. The Kier molecular flexibility index (Phi) is 16.7. The van der Waals surface area contributed by atoms with Crippen LogP contribution in [-0.2, 0) is 14.4 Å². The quantitative estimate of drug-likeness (QED) is 0.205. The molecule has 0 unspecified atom stereocenters. The smallest absolute Gasteiger partial charge is 0.327 e. The maximum atomic E-state index is 12.3. The van der Waals surface area contributed by atoms with Crippen molar-refractivity contribution in [3.8, 4) is 0 Å². The van der Waals surface area contributed by atoms with Gasteiger partial charge < -0.3 is 15.5 Å². The van der Waals surface area contributed by atoms with Gasteiger partial charge in [0.15, 0.2) is 0 Å². The van der Waals surface area contributed by atoms with E-state index in [9.17, 15) is 19.5 Å². The average molecular weight is 470 g/mol. The summed E-state index contributed by atoms with van der Waals surface area (Å²) in [6, 6.07) is -1.05. The Morgan fingerprint density at radius 3 is 1.97 bits per heavy atom. The van der Waals surface area contributed by atoms with Crippen molar-refractivity contribution in [1.82, 2.24) is 5.32 Å². The normalized spacial score (nSPS) is 13.1. The summed E-state index contributed by atoms with van der Waals surface area (Å²) in [4.78, 5) is 34.6. The first-order chi connectivity index (χ1) is 14.3. The Morgan fingerprint density at radius 1 is 0.938 bits per heavy atom. The minimum Gasteiger partial charge on any atom is -0.481 e. The summed E-state index contributed by atoms with van der Waals surface area (Å²) in [5.41, 5.74) is 2.82. The van der Waals surface area contributed by atoms with Gasteiger partial charge in [0.05, 0.1) is 11.8 Å². The Balaban J connectivity index is 0. The van der Waals surface area contributed by atoms with Crippen LogP contribution >= 0.6 is 11.8 Å². The Bertz CT molecular complexity index is 703. The SMILES string of the molecule is C.CC(C)=CCC/C(C)=C/CC/C(C)=C/CSC[C@H](NC(=O)C(C)(C)CC(=O)O)C(=O)O. The number of nitrogens with one attached hydrogen (secondary N) is 1. The molecule has 0 saturated heterocycles. The Hall–Kier alpha value is -2.02. The van der Waals surface area contributed by atoms with Gasteiger partial charge in [-0.15, -0.1) is 0 Å². The molecule has 0 rings (SSSR count). The van der Waals surface area contributed by atoms with Gasteiger partial charge in [-0.25, -0.2) is 4.79 Å². The lowest BCUT2D eigenvalue weighted by Gasteiger charge is -2.24. The molecule has 1 amide bonds. The van der Waals surface area contributed by atoms with Crippen LogP contribution in [0.3, 0.4) is 0 Å². The number of allylic oxidation sites excluding steroid dienone is 5. The zero-order valence-corrected chi connectivity index (χ0v) is 20.6. The van der Waals surface area contributed by atoms with E-state index in [1.54, 1.807) is 0 Å². The highest BCUT2D eigenvalue weighted by atomic mass is 32.2. The van der Waals surface area contributed by atoms with Crippen molar-refractivity contribution < 1.29 is 24.6 Å². The number of carboxylic acids is 2. The fraction of sp³-hybridized carbons (Fsp3) is 0.640. The molecule has 0 radical (unpaired) electrons. The molecule has 0 aliphatic carbocycles. The highest BCUT2D eigenvalue weighted by molar-refractivity contribution is 7.99. The van der Waals surface area contributed by atoms with Crippen molar-refractivity contribution in [3.63, 3.8) is 0 Å². The van der Waals surface area contributed by atoms with Crippen LogP contribution in [0.25, 0.3) is 0 Å². The van der Waals surface area contributed by atoms with Crippen molar-refractivity contribution in [2.75, 3.05) is 11.5 Å². The minimum absolute atomic E-state index is 0. The fourth-order valence-corrected chi connectivity index (χ4v) is 3.71. The largest absolute Gasteiger partial charge is 0.481 e. The molecular weight excluding hydrogens is 426 g/mol. The lowest BCUT2D eigenvalue weighted by molar-refractivity contribution is -0.146. The number of hydrogen-bond acceptors (Lipinski definition) is 4. The van der Waals surface area contributed by atoms with Crippen LogP contribution < -0.4 is 5.32 Å². The van der Waals surface area contributed by atoms with Gasteiger partial charge in [0.25, 0.3) is 0 Å². The van der Waals surface area contributed by atoms with Crippen LogP contribution in [0.2, 0.25) is 0 Å². The van der Waals surface area contributed by atoms with Crippen molar-refractivity contribution in [2.45, 2.75) is 87.1 Å². The molecule has 0 saturated carbocycles. The lowest BCUT2D eigenvalue weighted by atomic mass is 9.88. The topological polar surface area (TPSA) is 104 Å². The second-order valence-electron chi connectivity index (χ2n) is 8.82. The van der Waals surface area contributed by atoms with E-state index in [0.29, 0.717) is 5.75 Å². The van der Waals surface area contributed by atoms with Crippen LogP contribution in [0.4, 0.5) is 0 Å². The Labute approximate surface area is 198 Å². The number of carbonyl (C=O) groups excluding carboxylic acids is 1. The van der Waals surface area contributed by atoms with Gasteiger partial charge in [-0.2, -0.15) is 11.8 Å². The molecule has 32 heavy (non-hydrogen) atoms. The van der Waals surface area contributed by atoms with E-state index in [2.05, 4.69) is 51.2 Å². The van der Waals surface area contributed by atoms with E-state index in [1.807, 2.05) is 0 Å². The number of carbonyl (C=O) groups is 3. The molecular formula is C25H43NO5S. The van der Waals surface area contributed by atoms with Gasteiger partial charge in [-0.3, -0.25) is 9.59 Å². The monoisotopic (exact) mass is 469 g/mol. The third-order valence-electron chi connectivity index (χ3n) is 4.77. The van der Waals surface area contributed by atoms with Crippen LogP contribution in [0.15, 0.2) is 34.9 Å². The summed E-state index contributed by atoms with van der Waals surface area (Å²) in [5, 5.41) is 20.7. The van der Waals surface area contributed by atoms with Gasteiger partial charge in [0.2, 0.25) is 5.91 Å². The van der Waals surface area contributed by atoms with Crippen molar-refractivity contribution in [2.24, 2.45) is 5.41 Å². The molecule has 1 atom stereocenters. The highest BCUT2D eigenvalue weighted by Gasteiger charge is 2.33. The van der Waals surface area contributed by atoms with Crippen molar-refractivity contribution in [3.05, 3.63) is 34.9 Å². The summed E-state index contributed by atoms with van der Waals surface area (Å²) in [6.45, 7) is 11.4. The molecule has 0 aliphatic rings. The fourth-order valence-electron chi connectivity index (χ4n) is 2.71. The molecule has 0 aromatic carbocycles. The molecule has 0 spiro atoms. The number of carboxylic acid groups (broad SMARTS) is 2. The number of rotatable bonds is 15. The maximum absolute atomic E-state index is 12.3. The summed E-state index contributed by atoms with van der Waals surface area (Å²) in [7, 11) is 0. The van der Waals surface area contributed by atoms with E-state index in [-0.39, 0.29) is 19.6 Å². The van der Waals surface area contributed by atoms with E-state index in [1.165, 1.54) is 42.3 Å². The molecule has 6 nitrogen and oxygen atoms in total. The Morgan fingerprint density at radius 2 is 1.47 bits per heavy atom. The maximum Gasteiger partial charge on any atom is 0.327 e. The third-order valence-corrected chi connectivity index (χ3v) is 5.74. The van der Waals surface area contributed by atoms with Crippen LogP contribution in [-0.4, -0.2) is 45.6 Å². The molecule has 3 N–H and O–H groups in total. The second-order valence-corrected chi connectivity index (χ2v) is 9.89. The van der Waals surface area contributed by atoms with Gasteiger partial charge in [-0.05, 0) is 53.4 Å². The second kappa shape index (κ2) is 16.6. The van der Waals surface area contributed by atoms with Crippen molar-refractivity contribution >= 4 is 29.6 Å². The first-order valence-electron chi connectivity index (χ1n) is 10.6. The highest BCUT2D eigenvalue weighted by Crippen LogP contribution is 2.21. The number of aliphatic carboxylic acids is 2. The van der Waals surface area contributed by atoms with E-state index in [0.717, 1.165) is 25.7 Å². The number of amides is 1. The molecule has 0 fully saturated rings. The molecule has 0 aromatic heterocycles. The van der Waals surface area contributed by atoms with Gasteiger partial charge in [0.1, 0.15) is 6.04 Å². The van der Waals surface area contributed by atoms with E-state index < -0.39 is 29.3 Å². The standard InChI is InChI=1S/C24H39NO5S.CH4/c1-17(2)9-7-10-18(3)11-8-12-19(4)13-14-31-16-20(22(28)29)25-23(30)24(5,6)15-21(26)27;/h9,11,13,20H,7-8,10,12,14-16H2,1-6H3,(H,25,30)(H,26,27)(H,28,29);1H4/b18-11+,19-13+;/t20-;/m0./s1. The zero-order chi connectivity index (χ0) is 24.0. The average Bonchev–Trinajstić information content (AvgIpc) is 2.62. The number of thioether (sulfide) groups is 1. The molecule has 0 aromatic rings. The zero-order valence-electron chi connectivity index (χ0n) is 19.8.